The highest BCUT2D eigenvalue weighted by Crippen LogP contribution is 2.55. The molecule has 1 nitrogen and oxygen atoms in total. The van der Waals surface area contributed by atoms with Gasteiger partial charge in [-0.2, -0.15) is 0 Å². The Hall–Kier alpha value is -4.38. The van der Waals surface area contributed by atoms with Crippen molar-refractivity contribution in [2.24, 2.45) is 5.92 Å². The summed E-state index contributed by atoms with van der Waals surface area (Å²) in [7, 11) is 0.664. The van der Waals surface area contributed by atoms with Gasteiger partial charge in [-0.25, -0.2) is 0 Å². The third-order valence-electron chi connectivity index (χ3n) is 11.2. The number of allylic oxidation sites excluding steroid dienone is 2. The average Bonchev–Trinajstić information content (AvgIpc) is 3.59. The summed E-state index contributed by atoms with van der Waals surface area (Å²) in [4.78, 5) is 2.68. The lowest BCUT2D eigenvalue weighted by atomic mass is 9.90. The molecule has 0 amide bonds. The van der Waals surface area contributed by atoms with Crippen molar-refractivity contribution in [3.05, 3.63) is 207 Å². The molecule has 0 N–H and O–H groups in total. The van der Waals surface area contributed by atoms with Gasteiger partial charge in [-0.1, -0.05) is 190 Å². The predicted molar refractivity (Wildman–Crippen MR) is 248 cm³/mol. The molecule has 0 spiro atoms. The first-order chi connectivity index (χ1) is 26.9. The lowest BCUT2D eigenvalue weighted by molar-refractivity contribution is 0.164. The SMILES string of the molecule is Cc1cc(C)cc(P(C2=CC=CC2C(c2ccccc2P(c2cc(C)cc(C)c2)c2cc(C)cc(C)c2)N(C)[C@H](C)c2ccccc2)c2cc(C)cc(C)c2)c1. The molecule has 0 aromatic heterocycles. The Kier molecular flexibility index (Phi) is 12.1. The minimum atomic E-state index is -0.876. The van der Waals surface area contributed by atoms with Crippen LogP contribution in [0.2, 0.25) is 0 Å². The molecule has 1 aliphatic rings. The summed E-state index contributed by atoms with van der Waals surface area (Å²) in [6.45, 7) is 20.4. The molecule has 2 unspecified atom stereocenters. The van der Waals surface area contributed by atoms with Crippen LogP contribution in [-0.2, 0) is 0 Å². The monoisotopic (exact) mass is 769 g/mol. The van der Waals surface area contributed by atoms with Gasteiger partial charge in [-0.15, -0.1) is 0 Å². The molecule has 0 saturated heterocycles. The summed E-state index contributed by atoms with van der Waals surface area (Å²) in [5.41, 5.74) is 13.3. The van der Waals surface area contributed by atoms with Crippen LogP contribution in [0.3, 0.4) is 0 Å². The Bertz CT molecular complexity index is 2240. The van der Waals surface area contributed by atoms with Crippen molar-refractivity contribution in [2.45, 2.75) is 74.4 Å². The van der Waals surface area contributed by atoms with Crippen LogP contribution in [0.15, 0.2) is 151 Å². The normalized spacial score (nSPS) is 15.2. The standard InChI is InChI=1S/C53H57NP2/c1-35-23-36(2)28-45(27-35)55(46-29-37(3)24-38(4)30-46)51-21-15-14-19-49(51)53(54(10)43(9)44-17-12-11-13-18-44)50-20-16-22-52(50)56(47-31-39(5)25-40(6)32-47)48-33-41(7)26-42(8)34-48/h11-34,43,50,53H,1-10H3/t43-,50?,53?/m1/s1. The van der Waals surface area contributed by atoms with E-state index in [0.29, 0.717) is 0 Å². The number of rotatable bonds is 11. The number of hydrogen-bond donors (Lipinski definition) is 0. The molecule has 0 heterocycles. The van der Waals surface area contributed by atoms with Crippen molar-refractivity contribution in [3.8, 4) is 0 Å². The third-order valence-corrected chi connectivity index (χ3v) is 16.2. The first-order valence-corrected chi connectivity index (χ1v) is 22.7. The van der Waals surface area contributed by atoms with E-state index in [-0.39, 0.29) is 18.0 Å². The Morgan fingerprint density at radius 3 is 1.32 bits per heavy atom. The molecule has 3 heteroatoms. The van der Waals surface area contributed by atoms with Crippen LogP contribution in [0, 0.1) is 61.3 Å². The molecule has 284 valence electrons. The summed E-state index contributed by atoms with van der Waals surface area (Å²) in [6, 6.07) is 49.6. The van der Waals surface area contributed by atoms with E-state index >= 15 is 0 Å². The quantitative estimate of drug-likeness (QED) is 0.119. The first-order valence-electron chi connectivity index (χ1n) is 20.0. The van der Waals surface area contributed by atoms with Crippen LogP contribution in [0.25, 0.3) is 0 Å². The lowest BCUT2D eigenvalue weighted by Crippen LogP contribution is -2.37. The highest BCUT2D eigenvalue weighted by atomic mass is 31.1. The van der Waals surface area contributed by atoms with Crippen LogP contribution in [-0.4, -0.2) is 11.9 Å². The van der Waals surface area contributed by atoms with E-state index in [2.05, 4.69) is 220 Å². The molecule has 7 rings (SSSR count). The minimum Gasteiger partial charge on any atom is -0.292 e. The van der Waals surface area contributed by atoms with Gasteiger partial charge in [-0.3, -0.25) is 4.90 Å². The average molecular weight is 770 g/mol. The molecule has 6 aromatic rings. The van der Waals surface area contributed by atoms with Gasteiger partial charge < -0.3 is 0 Å². The van der Waals surface area contributed by atoms with E-state index in [1.807, 2.05) is 0 Å². The fraction of sp³-hybridized carbons (Fsp3) is 0.245. The predicted octanol–water partition coefficient (Wildman–Crippen LogP) is 11.8. The largest absolute Gasteiger partial charge is 0.292 e. The van der Waals surface area contributed by atoms with Crippen molar-refractivity contribution in [3.63, 3.8) is 0 Å². The van der Waals surface area contributed by atoms with Gasteiger partial charge in [0.05, 0.1) is 0 Å². The zero-order chi connectivity index (χ0) is 39.7. The molecule has 0 saturated carbocycles. The molecule has 6 aromatic carbocycles. The van der Waals surface area contributed by atoms with Crippen LogP contribution >= 0.6 is 15.8 Å². The van der Waals surface area contributed by atoms with Crippen LogP contribution < -0.4 is 26.5 Å². The number of benzene rings is 6. The zero-order valence-electron chi connectivity index (χ0n) is 34.9. The Morgan fingerprint density at radius 2 is 0.875 bits per heavy atom. The van der Waals surface area contributed by atoms with Crippen molar-refractivity contribution in [1.82, 2.24) is 4.90 Å². The fourth-order valence-corrected chi connectivity index (χ4v) is 14.9. The molecular formula is C53H57NP2. The Labute approximate surface area is 339 Å². The Morgan fingerprint density at radius 1 is 0.482 bits per heavy atom. The van der Waals surface area contributed by atoms with Gasteiger partial charge in [-0.05, 0) is 128 Å². The van der Waals surface area contributed by atoms with Crippen molar-refractivity contribution in [2.75, 3.05) is 7.05 Å². The van der Waals surface area contributed by atoms with E-state index in [0.717, 1.165) is 0 Å². The Balaban J connectivity index is 1.48. The van der Waals surface area contributed by atoms with Gasteiger partial charge in [0.2, 0.25) is 0 Å². The van der Waals surface area contributed by atoms with E-state index in [1.165, 1.54) is 87.5 Å². The van der Waals surface area contributed by atoms with E-state index in [4.69, 9.17) is 0 Å². The lowest BCUT2D eigenvalue weighted by Gasteiger charge is -2.41. The minimum absolute atomic E-state index is 0.0787. The molecule has 0 bridgehead atoms. The van der Waals surface area contributed by atoms with E-state index in [1.54, 1.807) is 0 Å². The molecule has 3 atom stereocenters. The second kappa shape index (κ2) is 17.0. The van der Waals surface area contributed by atoms with Crippen LogP contribution in [0.5, 0.6) is 0 Å². The van der Waals surface area contributed by atoms with Gasteiger partial charge in [0.1, 0.15) is 0 Å². The highest BCUT2D eigenvalue weighted by molar-refractivity contribution is 7.80. The molecule has 0 fully saturated rings. The molecule has 1 aliphatic carbocycles. The topological polar surface area (TPSA) is 3.24 Å². The molecular weight excluding hydrogens is 713 g/mol. The second-order valence-electron chi connectivity index (χ2n) is 16.3. The number of hydrogen-bond acceptors (Lipinski definition) is 1. The zero-order valence-corrected chi connectivity index (χ0v) is 36.7. The van der Waals surface area contributed by atoms with Crippen molar-refractivity contribution >= 4 is 42.4 Å². The van der Waals surface area contributed by atoms with Gasteiger partial charge in [0.25, 0.3) is 0 Å². The summed E-state index contributed by atoms with van der Waals surface area (Å²) in [6.07, 6.45) is 7.34. The van der Waals surface area contributed by atoms with Gasteiger partial charge in [0, 0.05) is 18.0 Å². The fourth-order valence-electron chi connectivity index (χ4n) is 8.98. The van der Waals surface area contributed by atoms with Gasteiger partial charge in [0.15, 0.2) is 0 Å². The highest BCUT2D eigenvalue weighted by Gasteiger charge is 2.38. The smallest absolute Gasteiger partial charge is 0.0461 e. The van der Waals surface area contributed by atoms with Gasteiger partial charge >= 0.3 is 0 Å². The maximum absolute atomic E-state index is 2.68. The van der Waals surface area contributed by atoms with E-state index in [9.17, 15) is 0 Å². The van der Waals surface area contributed by atoms with Crippen LogP contribution in [0.1, 0.15) is 74.6 Å². The number of aryl methyl sites for hydroxylation is 8. The van der Waals surface area contributed by atoms with Crippen molar-refractivity contribution in [1.29, 1.82) is 0 Å². The first kappa shape index (κ1) is 39.8. The third kappa shape index (κ3) is 8.62. The second-order valence-corrected chi connectivity index (χ2v) is 20.7. The summed E-state index contributed by atoms with van der Waals surface area (Å²) in [5, 5.41) is 8.65. The maximum atomic E-state index is 2.68. The number of nitrogens with zero attached hydrogens (tertiary/aromatic N) is 1. The maximum Gasteiger partial charge on any atom is 0.0461 e. The molecule has 0 aliphatic heterocycles. The van der Waals surface area contributed by atoms with Crippen molar-refractivity contribution < 1.29 is 0 Å². The molecule has 0 radical (unpaired) electrons. The summed E-state index contributed by atoms with van der Waals surface area (Å²) >= 11 is 0. The summed E-state index contributed by atoms with van der Waals surface area (Å²) < 4.78 is 0. The molecule has 56 heavy (non-hydrogen) atoms. The van der Waals surface area contributed by atoms with Crippen LogP contribution in [0.4, 0.5) is 0 Å². The van der Waals surface area contributed by atoms with E-state index < -0.39 is 15.8 Å². The summed E-state index contributed by atoms with van der Waals surface area (Å²) in [5.74, 6) is 0.162.